The number of rotatable bonds is 9. The van der Waals surface area contributed by atoms with Gasteiger partial charge in [-0.15, -0.1) is 0 Å². The number of nitrogens with one attached hydrogen (secondary N) is 3. The summed E-state index contributed by atoms with van der Waals surface area (Å²) in [5.41, 5.74) is 9.37. The zero-order valence-electron chi connectivity index (χ0n) is 8.62. The van der Waals surface area contributed by atoms with Crippen molar-refractivity contribution < 1.29 is 14.3 Å². The highest BCUT2D eigenvalue weighted by atomic mass is 16.5. The van der Waals surface area contributed by atoms with E-state index in [1.807, 2.05) is 5.53 Å². The molecule has 0 aliphatic carbocycles. The standard InChI is InChI=1S/C7H19N5O3/c8-1-3-14-5-6-15-4-2-10-7(13)11-12-9/h12H,1-6,8-9H2,(H2,10,11,13). The molecule has 90 valence electrons. The Labute approximate surface area is 88.6 Å². The lowest BCUT2D eigenvalue weighted by Crippen LogP contribution is -2.48. The Kier molecular flexibility index (Phi) is 10.5. The van der Waals surface area contributed by atoms with Crippen molar-refractivity contribution in [2.24, 2.45) is 11.6 Å². The maximum Gasteiger partial charge on any atom is 0.330 e. The van der Waals surface area contributed by atoms with Crippen LogP contribution in [0.5, 0.6) is 0 Å². The largest absolute Gasteiger partial charge is 0.378 e. The molecule has 0 aromatic rings. The van der Waals surface area contributed by atoms with Gasteiger partial charge in [0.05, 0.1) is 26.4 Å². The first-order chi connectivity index (χ1) is 7.31. The highest BCUT2D eigenvalue weighted by Gasteiger charge is 1.95. The second kappa shape index (κ2) is 11.1. The Morgan fingerprint density at radius 1 is 1.13 bits per heavy atom. The predicted octanol–water partition coefficient (Wildman–Crippen LogP) is -2.34. The first kappa shape index (κ1) is 14.1. The summed E-state index contributed by atoms with van der Waals surface area (Å²) < 4.78 is 10.2. The molecule has 0 aromatic carbocycles. The minimum atomic E-state index is -0.402. The first-order valence-electron chi connectivity index (χ1n) is 4.66. The lowest BCUT2D eigenvalue weighted by Gasteiger charge is -2.07. The molecule has 0 fully saturated rings. The third kappa shape index (κ3) is 11.0. The topological polar surface area (TPSA) is 124 Å². The van der Waals surface area contributed by atoms with Gasteiger partial charge >= 0.3 is 6.03 Å². The van der Waals surface area contributed by atoms with Gasteiger partial charge in [-0.1, -0.05) is 0 Å². The van der Waals surface area contributed by atoms with Crippen LogP contribution in [0.15, 0.2) is 0 Å². The molecule has 0 saturated heterocycles. The molecule has 0 unspecified atom stereocenters. The monoisotopic (exact) mass is 221 g/mol. The molecule has 8 nitrogen and oxygen atoms in total. The summed E-state index contributed by atoms with van der Waals surface area (Å²) in [5.74, 6) is 4.85. The van der Waals surface area contributed by atoms with Gasteiger partial charge in [0.25, 0.3) is 0 Å². The molecular formula is C7H19N5O3. The van der Waals surface area contributed by atoms with Gasteiger partial charge in [-0.2, -0.15) is 5.53 Å². The third-order valence-corrected chi connectivity index (χ3v) is 1.35. The van der Waals surface area contributed by atoms with Crippen LogP contribution < -0.4 is 27.9 Å². The quantitative estimate of drug-likeness (QED) is 0.169. The van der Waals surface area contributed by atoms with Crippen LogP contribution in [-0.2, 0) is 9.47 Å². The molecule has 0 rings (SSSR count). The molecule has 8 heteroatoms. The van der Waals surface area contributed by atoms with E-state index in [0.29, 0.717) is 39.5 Å². The molecule has 0 saturated carbocycles. The summed E-state index contributed by atoms with van der Waals surface area (Å²) in [7, 11) is 0. The van der Waals surface area contributed by atoms with Crippen molar-refractivity contribution in [2.45, 2.75) is 0 Å². The lowest BCUT2D eigenvalue weighted by molar-refractivity contribution is 0.0524. The number of carbonyl (C=O) groups excluding carboxylic acids is 1. The molecule has 0 bridgehead atoms. The summed E-state index contributed by atoms with van der Waals surface area (Å²) in [6, 6.07) is -0.402. The number of carbonyl (C=O) groups is 1. The van der Waals surface area contributed by atoms with Gasteiger partial charge in [0.1, 0.15) is 0 Å². The van der Waals surface area contributed by atoms with E-state index in [4.69, 9.17) is 21.1 Å². The minimum absolute atomic E-state index is 0.402. The van der Waals surface area contributed by atoms with Gasteiger partial charge in [-0.25, -0.2) is 4.79 Å². The van der Waals surface area contributed by atoms with E-state index in [-0.39, 0.29) is 0 Å². The molecule has 0 aliphatic rings. The van der Waals surface area contributed by atoms with Crippen molar-refractivity contribution in [3.63, 3.8) is 0 Å². The van der Waals surface area contributed by atoms with Gasteiger partial charge in [0.2, 0.25) is 0 Å². The summed E-state index contributed by atoms with van der Waals surface area (Å²) in [6.07, 6.45) is 0. The third-order valence-electron chi connectivity index (χ3n) is 1.35. The van der Waals surface area contributed by atoms with Crippen LogP contribution in [0.25, 0.3) is 0 Å². The van der Waals surface area contributed by atoms with Crippen molar-refractivity contribution in [3.05, 3.63) is 0 Å². The van der Waals surface area contributed by atoms with Crippen LogP contribution in [0, 0.1) is 0 Å². The fourth-order valence-electron chi connectivity index (χ4n) is 0.752. The molecule has 0 radical (unpaired) electrons. The van der Waals surface area contributed by atoms with Crippen molar-refractivity contribution in [2.75, 3.05) is 39.5 Å². The lowest BCUT2D eigenvalue weighted by atomic mass is 10.6. The predicted molar refractivity (Wildman–Crippen MR) is 54.5 cm³/mol. The van der Waals surface area contributed by atoms with E-state index < -0.39 is 6.03 Å². The Morgan fingerprint density at radius 2 is 1.80 bits per heavy atom. The number of urea groups is 1. The van der Waals surface area contributed by atoms with Gasteiger partial charge in [0.15, 0.2) is 0 Å². The van der Waals surface area contributed by atoms with Gasteiger partial charge in [-0.3, -0.25) is 11.3 Å². The Bertz CT molecular complexity index is 158. The maximum absolute atomic E-state index is 10.8. The molecule has 0 aliphatic heterocycles. The fraction of sp³-hybridized carbons (Fsp3) is 0.857. The summed E-state index contributed by atoms with van der Waals surface area (Å²) in [6.45, 7) is 2.86. The molecule has 0 spiro atoms. The zero-order valence-corrected chi connectivity index (χ0v) is 8.62. The number of hydrazine groups is 2. The Balaban J connectivity index is 3.01. The molecule has 0 aromatic heterocycles. The molecular weight excluding hydrogens is 202 g/mol. The first-order valence-corrected chi connectivity index (χ1v) is 4.66. The van der Waals surface area contributed by atoms with Crippen molar-refractivity contribution in [1.29, 1.82) is 0 Å². The average molecular weight is 221 g/mol. The summed E-state index contributed by atoms with van der Waals surface area (Å²) >= 11 is 0. The van der Waals surface area contributed by atoms with Gasteiger partial charge in [0, 0.05) is 13.1 Å². The molecule has 0 heterocycles. The number of amides is 2. The number of hydrogen-bond acceptors (Lipinski definition) is 6. The van der Waals surface area contributed by atoms with Gasteiger partial charge in [-0.05, 0) is 0 Å². The maximum atomic E-state index is 10.8. The van der Waals surface area contributed by atoms with Crippen LogP contribution >= 0.6 is 0 Å². The average Bonchev–Trinajstić information content (AvgIpc) is 2.22. The fourth-order valence-corrected chi connectivity index (χ4v) is 0.752. The smallest absolute Gasteiger partial charge is 0.330 e. The van der Waals surface area contributed by atoms with E-state index in [1.54, 1.807) is 0 Å². The second-order valence-electron chi connectivity index (χ2n) is 2.54. The second-order valence-corrected chi connectivity index (χ2v) is 2.54. The van der Waals surface area contributed by atoms with Crippen LogP contribution in [-0.4, -0.2) is 45.5 Å². The van der Waals surface area contributed by atoms with Crippen molar-refractivity contribution >= 4 is 6.03 Å². The van der Waals surface area contributed by atoms with Crippen LogP contribution in [0.1, 0.15) is 0 Å². The van der Waals surface area contributed by atoms with Crippen LogP contribution in [0.2, 0.25) is 0 Å². The number of ether oxygens (including phenoxy) is 2. The van der Waals surface area contributed by atoms with Crippen molar-refractivity contribution in [1.82, 2.24) is 16.3 Å². The molecule has 15 heavy (non-hydrogen) atoms. The van der Waals surface area contributed by atoms with E-state index in [2.05, 4.69) is 10.7 Å². The van der Waals surface area contributed by atoms with Crippen molar-refractivity contribution in [3.8, 4) is 0 Å². The van der Waals surface area contributed by atoms with Gasteiger partial charge < -0.3 is 20.5 Å². The Morgan fingerprint density at radius 3 is 2.40 bits per heavy atom. The van der Waals surface area contributed by atoms with E-state index in [0.717, 1.165) is 0 Å². The highest BCUT2D eigenvalue weighted by Crippen LogP contribution is 1.77. The van der Waals surface area contributed by atoms with Crippen LogP contribution in [0.4, 0.5) is 4.79 Å². The minimum Gasteiger partial charge on any atom is -0.378 e. The summed E-state index contributed by atoms with van der Waals surface area (Å²) in [5, 5.41) is 2.51. The van der Waals surface area contributed by atoms with E-state index >= 15 is 0 Å². The molecule has 0 atom stereocenters. The highest BCUT2D eigenvalue weighted by molar-refractivity contribution is 5.73. The zero-order chi connectivity index (χ0) is 11.4. The SMILES string of the molecule is NCCOCCOCCNC(=O)NNN. The van der Waals surface area contributed by atoms with Crippen LogP contribution in [0.3, 0.4) is 0 Å². The normalized spacial score (nSPS) is 10.0. The Hall–Kier alpha value is -0.930. The van der Waals surface area contributed by atoms with E-state index in [9.17, 15) is 4.79 Å². The molecule has 7 N–H and O–H groups in total. The molecule has 2 amide bonds. The number of nitrogens with two attached hydrogens (primary N) is 2. The van der Waals surface area contributed by atoms with E-state index in [1.165, 1.54) is 0 Å². The number of hydrogen-bond donors (Lipinski definition) is 5. The summed E-state index contributed by atoms with van der Waals surface area (Å²) in [4.78, 5) is 10.8.